The first-order valence-electron chi connectivity index (χ1n) is 7.97. The van der Waals surface area contributed by atoms with Gasteiger partial charge in [-0.25, -0.2) is 4.98 Å². The van der Waals surface area contributed by atoms with Crippen LogP contribution in [0.1, 0.15) is 21.6 Å². The van der Waals surface area contributed by atoms with Crippen molar-refractivity contribution in [2.75, 3.05) is 17.1 Å². The molecule has 1 aromatic carbocycles. The largest absolute Gasteiger partial charge is 0.383 e. The number of nitrogens with two attached hydrogens (primary N) is 1. The fraction of sp³-hybridized carbons (Fsp3) is 0.222. The number of anilines is 2. The molecule has 0 atom stereocenters. The Balaban J connectivity index is 1.79. The number of hydrazine groups is 1. The molecule has 2 heterocycles. The molecule has 0 aliphatic heterocycles. The molecule has 8 heteroatoms. The molecule has 0 fully saturated rings. The second-order valence-corrected chi connectivity index (χ2v) is 8.95. The lowest BCUT2D eigenvalue weighted by Crippen LogP contribution is -2.10. The van der Waals surface area contributed by atoms with Crippen molar-refractivity contribution in [3.05, 3.63) is 45.1 Å². The number of nitrogens with one attached hydrogen (secondary N) is 3. The smallest absolute Gasteiger partial charge is 0.156 e. The lowest BCUT2D eigenvalue weighted by Gasteiger charge is -2.12. The molecule has 2 aromatic heterocycles. The zero-order valence-electron chi connectivity index (χ0n) is 15.1. The molecule has 0 radical (unpaired) electrons. The average molecular weight is 404 g/mol. The molecule has 0 saturated heterocycles. The quantitative estimate of drug-likeness (QED) is 0.196. The minimum Gasteiger partial charge on any atom is -0.383 e. The maximum absolute atomic E-state index is 7.64. The Hall–Kier alpha value is -2.03. The van der Waals surface area contributed by atoms with Gasteiger partial charge in [-0.05, 0) is 55.9 Å². The molecule has 0 aliphatic carbocycles. The summed E-state index contributed by atoms with van der Waals surface area (Å²) in [6, 6.07) is 6.25. The van der Waals surface area contributed by atoms with Crippen LogP contribution in [0.3, 0.4) is 0 Å². The number of thiophene rings is 1. The number of rotatable bonds is 6. The average Bonchev–Trinajstić information content (AvgIpc) is 3.23. The van der Waals surface area contributed by atoms with Crippen LogP contribution in [-0.4, -0.2) is 17.1 Å². The van der Waals surface area contributed by atoms with E-state index in [4.69, 9.17) is 11.1 Å². The molecule has 0 saturated carbocycles. The molecule has 0 unspecified atom stereocenters. The Morgan fingerprint density at radius 1 is 1.12 bits per heavy atom. The molecule has 0 amide bonds. The van der Waals surface area contributed by atoms with E-state index in [-0.39, 0.29) is 5.84 Å². The second-order valence-electron chi connectivity index (χ2n) is 5.97. The van der Waals surface area contributed by atoms with E-state index in [1.807, 2.05) is 17.7 Å². The van der Waals surface area contributed by atoms with E-state index in [9.17, 15) is 0 Å². The van der Waals surface area contributed by atoms with Gasteiger partial charge in [0.2, 0.25) is 0 Å². The third kappa shape index (κ3) is 3.87. The van der Waals surface area contributed by atoms with Crippen LogP contribution in [0, 0.1) is 26.2 Å². The van der Waals surface area contributed by atoms with E-state index in [1.54, 1.807) is 23.1 Å². The van der Waals surface area contributed by atoms with Gasteiger partial charge < -0.3 is 5.73 Å². The highest BCUT2D eigenvalue weighted by Crippen LogP contribution is 2.39. The van der Waals surface area contributed by atoms with Crippen molar-refractivity contribution in [2.45, 2.75) is 25.0 Å². The highest BCUT2D eigenvalue weighted by molar-refractivity contribution is 8.00. The fourth-order valence-electron chi connectivity index (χ4n) is 2.49. The number of nitrogen functional groups attached to an aromatic ring is 1. The summed E-state index contributed by atoms with van der Waals surface area (Å²) in [5.41, 5.74) is 17.9. The Labute approximate surface area is 165 Å². The number of thioether (sulfide) groups is 1. The Bertz CT molecular complexity index is 958. The predicted octanol–water partition coefficient (Wildman–Crippen LogP) is 5.24. The number of aryl methyl sites for hydroxylation is 3. The number of benzene rings is 1. The van der Waals surface area contributed by atoms with Crippen molar-refractivity contribution >= 4 is 51.8 Å². The van der Waals surface area contributed by atoms with Gasteiger partial charge in [0.25, 0.3) is 0 Å². The number of amidine groups is 1. The van der Waals surface area contributed by atoms with Gasteiger partial charge in [-0.15, -0.1) is 34.4 Å². The lowest BCUT2D eigenvalue weighted by atomic mass is 10.1. The van der Waals surface area contributed by atoms with Crippen LogP contribution >= 0.6 is 34.4 Å². The molecule has 136 valence electrons. The van der Waals surface area contributed by atoms with Gasteiger partial charge in [-0.2, -0.15) is 0 Å². The molecule has 0 aliphatic rings. The van der Waals surface area contributed by atoms with Crippen molar-refractivity contribution < 1.29 is 0 Å². The van der Waals surface area contributed by atoms with Crippen molar-refractivity contribution in [2.24, 2.45) is 5.73 Å². The van der Waals surface area contributed by atoms with Crippen molar-refractivity contribution in [3.63, 3.8) is 0 Å². The maximum Gasteiger partial charge on any atom is 0.156 e. The van der Waals surface area contributed by atoms with E-state index in [0.29, 0.717) is 0 Å². The topological polar surface area (TPSA) is 86.8 Å². The van der Waals surface area contributed by atoms with Gasteiger partial charge in [0.05, 0.1) is 14.8 Å². The van der Waals surface area contributed by atoms with Gasteiger partial charge in [-0.1, -0.05) is 6.07 Å². The van der Waals surface area contributed by atoms with Gasteiger partial charge in [-0.3, -0.25) is 16.3 Å². The molecule has 5 nitrogen and oxygen atoms in total. The summed E-state index contributed by atoms with van der Waals surface area (Å²) in [6.45, 7) is 6.31. The van der Waals surface area contributed by atoms with Crippen LogP contribution in [0.25, 0.3) is 10.6 Å². The predicted molar refractivity (Wildman–Crippen MR) is 116 cm³/mol. The minimum atomic E-state index is 0.0957. The number of hydrogen-bond acceptors (Lipinski definition) is 7. The number of nitrogens with zero attached hydrogens (tertiary/aromatic N) is 1. The molecule has 26 heavy (non-hydrogen) atoms. The van der Waals surface area contributed by atoms with E-state index < -0.39 is 0 Å². The van der Waals surface area contributed by atoms with Crippen molar-refractivity contribution in [1.29, 1.82) is 5.41 Å². The lowest BCUT2D eigenvalue weighted by molar-refractivity contribution is 1.26. The van der Waals surface area contributed by atoms with Crippen molar-refractivity contribution in [1.82, 2.24) is 4.98 Å². The minimum absolute atomic E-state index is 0.0957. The third-order valence-corrected chi connectivity index (χ3v) is 7.23. The van der Waals surface area contributed by atoms with Gasteiger partial charge in [0.1, 0.15) is 10.8 Å². The summed E-state index contributed by atoms with van der Waals surface area (Å²) in [6.07, 6.45) is 2.02. The van der Waals surface area contributed by atoms with Crippen LogP contribution in [0.4, 0.5) is 11.5 Å². The summed E-state index contributed by atoms with van der Waals surface area (Å²) < 4.78 is 1.12. The Morgan fingerprint density at radius 2 is 1.85 bits per heavy atom. The van der Waals surface area contributed by atoms with Crippen LogP contribution < -0.4 is 16.6 Å². The standard InChI is InChI=1S/C18H21N5S3/c1-9-5-11(3)13(6-10(9)2)22-23-15-8-25-17(21-15)12-7-14(16(19)20)26-18(12)24-4/h5-8,22-23H,1-4H3,(H3,19,20). The number of aromatic nitrogens is 1. The van der Waals surface area contributed by atoms with Crippen LogP contribution in [0.15, 0.2) is 27.8 Å². The van der Waals surface area contributed by atoms with E-state index in [1.165, 1.54) is 28.0 Å². The maximum atomic E-state index is 7.64. The summed E-state index contributed by atoms with van der Waals surface area (Å²) >= 11 is 4.75. The fourth-order valence-corrected chi connectivity index (χ4v) is 5.12. The van der Waals surface area contributed by atoms with Crippen LogP contribution in [0.5, 0.6) is 0 Å². The second kappa shape index (κ2) is 7.69. The summed E-state index contributed by atoms with van der Waals surface area (Å²) in [5, 5.41) is 10.5. The first-order chi connectivity index (χ1) is 12.4. The monoisotopic (exact) mass is 403 g/mol. The van der Waals surface area contributed by atoms with Gasteiger partial charge in [0.15, 0.2) is 5.82 Å². The number of thiazole rings is 1. The first kappa shape index (κ1) is 18.8. The highest BCUT2D eigenvalue weighted by Gasteiger charge is 2.15. The Kier molecular flexibility index (Phi) is 5.55. The molecule has 3 rings (SSSR count). The zero-order chi connectivity index (χ0) is 18.8. The van der Waals surface area contributed by atoms with E-state index in [0.717, 1.165) is 31.2 Å². The van der Waals surface area contributed by atoms with Crippen LogP contribution in [-0.2, 0) is 0 Å². The summed E-state index contributed by atoms with van der Waals surface area (Å²) in [4.78, 5) is 5.45. The van der Waals surface area contributed by atoms with Gasteiger partial charge in [0, 0.05) is 10.9 Å². The molecule has 5 N–H and O–H groups in total. The highest BCUT2D eigenvalue weighted by atomic mass is 32.2. The molecule has 3 aromatic rings. The SMILES string of the molecule is CSc1sc(C(=N)N)cc1-c1nc(NNc2cc(C)c(C)cc2C)cs1. The zero-order valence-corrected chi connectivity index (χ0v) is 17.5. The summed E-state index contributed by atoms with van der Waals surface area (Å²) in [5.74, 6) is 0.864. The molecule has 0 spiro atoms. The normalized spacial score (nSPS) is 10.8. The van der Waals surface area contributed by atoms with Gasteiger partial charge >= 0.3 is 0 Å². The van der Waals surface area contributed by atoms with E-state index >= 15 is 0 Å². The third-order valence-electron chi connectivity index (χ3n) is 4.05. The molecular weight excluding hydrogens is 382 g/mol. The molecule has 0 bridgehead atoms. The Morgan fingerprint density at radius 3 is 2.54 bits per heavy atom. The first-order valence-corrected chi connectivity index (χ1v) is 10.9. The van der Waals surface area contributed by atoms with Crippen molar-refractivity contribution in [3.8, 4) is 10.6 Å². The number of hydrogen-bond donors (Lipinski definition) is 4. The van der Waals surface area contributed by atoms with E-state index in [2.05, 4.69) is 48.7 Å². The molecular formula is C18H21N5S3. The van der Waals surface area contributed by atoms with Crippen LogP contribution in [0.2, 0.25) is 0 Å². The summed E-state index contributed by atoms with van der Waals surface area (Å²) in [7, 11) is 0.